The molecule has 0 spiro atoms. The molecule has 0 aliphatic carbocycles. The van der Waals surface area contributed by atoms with Gasteiger partial charge in [-0.2, -0.15) is 0 Å². The summed E-state index contributed by atoms with van der Waals surface area (Å²) in [7, 11) is 1.41. The Bertz CT molecular complexity index is 521. The number of carboxylic acids is 1. The first-order valence-electron chi connectivity index (χ1n) is 5.94. The summed E-state index contributed by atoms with van der Waals surface area (Å²) in [5.74, 6) is -1.60. The van der Waals surface area contributed by atoms with Gasteiger partial charge in [-0.15, -0.1) is 0 Å². The van der Waals surface area contributed by atoms with Crippen molar-refractivity contribution in [1.82, 2.24) is 5.32 Å². The van der Waals surface area contributed by atoms with E-state index in [-0.39, 0.29) is 11.8 Å². The molecule has 1 aliphatic rings. The summed E-state index contributed by atoms with van der Waals surface area (Å²) < 4.78 is 20.0. The maximum Gasteiger partial charge on any atom is 0.307 e. The molecule has 2 N–H and O–H groups in total. The Morgan fingerprint density at radius 2 is 2.32 bits per heavy atom. The molecule has 2 unspecified atom stereocenters. The quantitative estimate of drug-likeness (QED) is 0.893. The van der Waals surface area contributed by atoms with Crippen LogP contribution in [0.4, 0.5) is 4.39 Å². The summed E-state index contributed by atoms with van der Waals surface area (Å²) in [5.41, 5.74) is 1.31. The van der Waals surface area contributed by atoms with Gasteiger partial charge < -0.3 is 15.2 Å². The molecule has 19 heavy (non-hydrogen) atoms. The van der Waals surface area contributed by atoms with Crippen LogP contribution in [0.3, 0.4) is 0 Å². The maximum atomic E-state index is 14.4. The van der Waals surface area contributed by atoms with Crippen LogP contribution in [0.2, 0.25) is 0 Å². The molecule has 0 saturated carbocycles. The summed E-state index contributed by atoms with van der Waals surface area (Å²) >= 11 is 3.29. The molecule has 2 atom stereocenters. The minimum absolute atomic E-state index is 0.163. The van der Waals surface area contributed by atoms with Gasteiger partial charge in [-0.25, -0.2) is 4.39 Å². The lowest BCUT2D eigenvalue weighted by molar-refractivity contribution is -0.141. The molecule has 1 aromatic carbocycles. The van der Waals surface area contributed by atoms with Gasteiger partial charge in [0.1, 0.15) is 0 Å². The molecule has 1 aliphatic heterocycles. The fraction of sp³-hybridized carbons (Fsp3) is 0.462. The SMILES string of the molecule is COc1c(F)c(C2CC(C(=O)O)CN2)cc(C)c1Br. The number of rotatable bonds is 3. The van der Waals surface area contributed by atoms with Crippen molar-refractivity contribution in [2.24, 2.45) is 5.92 Å². The molecule has 1 aromatic rings. The van der Waals surface area contributed by atoms with Gasteiger partial charge in [-0.05, 0) is 34.8 Å². The average molecular weight is 332 g/mol. The molecule has 0 bridgehead atoms. The van der Waals surface area contributed by atoms with Crippen molar-refractivity contribution in [1.29, 1.82) is 0 Å². The minimum atomic E-state index is -0.851. The first-order chi connectivity index (χ1) is 8.95. The van der Waals surface area contributed by atoms with Crippen LogP contribution in [-0.2, 0) is 4.79 Å². The van der Waals surface area contributed by atoms with E-state index in [0.717, 1.165) is 5.56 Å². The van der Waals surface area contributed by atoms with Gasteiger partial charge in [0.15, 0.2) is 11.6 Å². The van der Waals surface area contributed by atoms with E-state index in [9.17, 15) is 9.18 Å². The first-order valence-corrected chi connectivity index (χ1v) is 6.73. The van der Waals surface area contributed by atoms with Gasteiger partial charge >= 0.3 is 5.97 Å². The van der Waals surface area contributed by atoms with E-state index in [4.69, 9.17) is 9.84 Å². The summed E-state index contributed by atoms with van der Waals surface area (Å²) in [6.07, 6.45) is 0.385. The molecule has 0 aromatic heterocycles. The molecule has 4 nitrogen and oxygen atoms in total. The van der Waals surface area contributed by atoms with Gasteiger partial charge in [0, 0.05) is 18.2 Å². The topological polar surface area (TPSA) is 58.6 Å². The highest BCUT2D eigenvalue weighted by atomic mass is 79.9. The lowest BCUT2D eigenvalue weighted by Crippen LogP contribution is -2.18. The van der Waals surface area contributed by atoms with E-state index in [0.29, 0.717) is 23.0 Å². The zero-order valence-corrected chi connectivity index (χ0v) is 12.3. The number of aliphatic carboxylic acids is 1. The highest BCUT2D eigenvalue weighted by Crippen LogP contribution is 2.38. The molecule has 0 amide bonds. The number of carbonyl (C=O) groups is 1. The van der Waals surface area contributed by atoms with E-state index in [1.54, 1.807) is 6.07 Å². The number of halogens is 2. The molecule has 1 saturated heterocycles. The van der Waals surface area contributed by atoms with Gasteiger partial charge in [0.05, 0.1) is 17.5 Å². The van der Waals surface area contributed by atoms with Crippen LogP contribution < -0.4 is 10.1 Å². The van der Waals surface area contributed by atoms with Crippen molar-refractivity contribution in [3.63, 3.8) is 0 Å². The first kappa shape index (κ1) is 14.3. The van der Waals surface area contributed by atoms with Crippen molar-refractivity contribution in [2.45, 2.75) is 19.4 Å². The molecule has 2 rings (SSSR count). The average Bonchev–Trinajstić information content (AvgIpc) is 2.84. The van der Waals surface area contributed by atoms with Gasteiger partial charge in [-0.3, -0.25) is 4.79 Å². The van der Waals surface area contributed by atoms with Gasteiger partial charge in [0.25, 0.3) is 0 Å². The number of benzene rings is 1. The van der Waals surface area contributed by atoms with Crippen LogP contribution in [0, 0.1) is 18.7 Å². The number of methoxy groups -OCH3 is 1. The van der Waals surface area contributed by atoms with Crippen molar-refractivity contribution in [3.05, 3.63) is 27.5 Å². The number of carboxylic acid groups (broad SMARTS) is 1. The molecular weight excluding hydrogens is 317 g/mol. The number of hydrogen-bond acceptors (Lipinski definition) is 3. The van der Waals surface area contributed by atoms with Gasteiger partial charge in [-0.1, -0.05) is 6.07 Å². The van der Waals surface area contributed by atoms with E-state index in [1.165, 1.54) is 7.11 Å². The smallest absolute Gasteiger partial charge is 0.307 e. The third-order valence-corrected chi connectivity index (χ3v) is 4.42. The Morgan fingerprint density at radius 1 is 1.63 bits per heavy atom. The second-order valence-electron chi connectivity index (χ2n) is 4.68. The summed E-state index contributed by atoms with van der Waals surface area (Å²) in [4.78, 5) is 10.9. The number of ether oxygens (including phenoxy) is 1. The van der Waals surface area contributed by atoms with Crippen molar-refractivity contribution in [3.8, 4) is 5.75 Å². The normalized spacial score (nSPS) is 22.5. The zero-order chi connectivity index (χ0) is 14.2. The van der Waals surface area contributed by atoms with E-state index in [2.05, 4.69) is 21.2 Å². The highest BCUT2D eigenvalue weighted by molar-refractivity contribution is 9.10. The fourth-order valence-electron chi connectivity index (χ4n) is 2.36. The van der Waals surface area contributed by atoms with E-state index >= 15 is 0 Å². The van der Waals surface area contributed by atoms with Crippen LogP contribution in [0.15, 0.2) is 10.5 Å². The Balaban J connectivity index is 2.36. The van der Waals surface area contributed by atoms with Gasteiger partial charge in [0.2, 0.25) is 0 Å². The number of hydrogen-bond donors (Lipinski definition) is 2. The second-order valence-corrected chi connectivity index (χ2v) is 5.47. The Labute approximate surface area is 119 Å². The Morgan fingerprint density at radius 3 is 2.84 bits per heavy atom. The van der Waals surface area contributed by atoms with Crippen LogP contribution >= 0.6 is 15.9 Å². The second kappa shape index (κ2) is 5.46. The Kier molecular flexibility index (Phi) is 4.10. The molecule has 1 fully saturated rings. The maximum absolute atomic E-state index is 14.4. The predicted octanol–water partition coefficient (Wildman–Crippen LogP) is 2.64. The third kappa shape index (κ3) is 2.60. The zero-order valence-electron chi connectivity index (χ0n) is 10.7. The number of aryl methyl sites for hydroxylation is 1. The van der Waals surface area contributed by atoms with E-state index < -0.39 is 17.7 Å². The van der Waals surface area contributed by atoms with Crippen molar-refractivity contribution >= 4 is 21.9 Å². The predicted molar refractivity (Wildman–Crippen MR) is 71.9 cm³/mol. The van der Waals surface area contributed by atoms with Crippen LogP contribution in [-0.4, -0.2) is 24.7 Å². The number of nitrogens with one attached hydrogen (secondary N) is 1. The monoisotopic (exact) mass is 331 g/mol. The minimum Gasteiger partial charge on any atom is -0.492 e. The standard InChI is InChI=1S/C13H15BrFNO3/c1-6-3-8(11(15)12(19-2)10(6)14)9-4-7(5-16-9)13(17)18/h3,7,9,16H,4-5H2,1-2H3,(H,17,18). The highest BCUT2D eigenvalue weighted by Gasteiger charge is 2.32. The van der Waals surface area contributed by atoms with Crippen LogP contribution in [0.25, 0.3) is 0 Å². The van der Waals surface area contributed by atoms with Crippen molar-refractivity contribution in [2.75, 3.05) is 13.7 Å². The molecular formula is C13H15BrFNO3. The lowest BCUT2D eigenvalue weighted by Gasteiger charge is -2.16. The lowest BCUT2D eigenvalue weighted by atomic mass is 9.98. The molecule has 1 heterocycles. The van der Waals surface area contributed by atoms with E-state index in [1.807, 2.05) is 6.92 Å². The molecule has 0 radical (unpaired) electrons. The third-order valence-electron chi connectivity index (χ3n) is 3.43. The largest absolute Gasteiger partial charge is 0.492 e. The fourth-order valence-corrected chi connectivity index (χ4v) is 2.81. The Hall–Kier alpha value is -1.14. The van der Waals surface area contributed by atoms with Crippen LogP contribution in [0.1, 0.15) is 23.6 Å². The molecule has 6 heteroatoms. The molecule has 104 valence electrons. The summed E-state index contributed by atoms with van der Waals surface area (Å²) in [5, 5.41) is 12.0. The van der Waals surface area contributed by atoms with Crippen molar-refractivity contribution < 1.29 is 19.0 Å². The summed E-state index contributed by atoms with van der Waals surface area (Å²) in [6.45, 7) is 2.20. The summed E-state index contributed by atoms with van der Waals surface area (Å²) in [6, 6.07) is 1.44. The van der Waals surface area contributed by atoms with Crippen LogP contribution in [0.5, 0.6) is 5.75 Å².